The molecule has 7 heteroatoms. The SMILES string of the molecule is CN1C(=O)[C@@H](OC(N)=O)COc2ccc(OC3CCC(C)(C)CC3)cc21. The maximum absolute atomic E-state index is 12.5. The van der Waals surface area contributed by atoms with E-state index in [1.54, 1.807) is 19.2 Å². The maximum atomic E-state index is 12.5. The number of hydrogen-bond acceptors (Lipinski definition) is 5. The molecule has 1 aromatic rings. The van der Waals surface area contributed by atoms with Crippen molar-refractivity contribution in [3.8, 4) is 11.5 Å². The van der Waals surface area contributed by atoms with Crippen LogP contribution in [0.3, 0.4) is 0 Å². The molecule has 1 atom stereocenters. The molecule has 2 amide bonds. The Morgan fingerprint density at radius 1 is 1.31 bits per heavy atom. The van der Waals surface area contributed by atoms with Crippen LogP contribution in [-0.4, -0.2) is 37.9 Å². The first-order valence-electron chi connectivity index (χ1n) is 8.92. The lowest BCUT2D eigenvalue weighted by molar-refractivity contribution is -0.127. The molecule has 1 aromatic carbocycles. The van der Waals surface area contributed by atoms with E-state index >= 15 is 0 Å². The number of ether oxygens (including phenoxy) is 3. The van der Waals surface area contributed by atoms with Gasteiger partial charge in [-0.2, -0.15) is 0 Å². The number of fused-ring (bicyclic) bond motifs is 1. The molecule has 7 nitrogen and oxygen atoms in total. The van der Waals surface area contributed by atoms with Gasteiger partial charge in [0.25, 0.3) is 5.91 Å². The summed E-state index contributed by atoms with van der Waals surface area (Å²) in [5.41, 5.74) is 5.99. The third-order valence-corrected chi connectivity index (χ3v) is 5.14. The van der Waals surface area contributed by atoms with Gasteiger partial charge in [-0.3, -0.25) is 4.79 Å². The highest BCUT2D eigenvalue weighted by Gasteiger charge is 2.33. The molecule has 2 aliphatic rings. The van der Waals surface area contributed by atoms with Crippen LogP contribution in [0.4, 0.5) is 10.5 Å². The summed E-state index contributed by atoms with van der Waals surface area (Å²) in [7, 11) is 1.61. The minimum atomic E-state index is -1.06. The molecule has 3 rings (SSSR count). The fourth-order valence-electron chi connectivity index (χ4n) is 3.43. The quantitative estimate of drug-likeness (QED) is 0.893. The molecule has 0 bridgehead atoms. The molecule has 0 spiro atoms. The summed E-state index contributed by atoms with van der Waals surface area (Å²) < 4.78 is 16.6. The summed E-state index contributed by atoms with van der Waals surface area (Å²) in [4.78, 5) is 24.9. The van der Waals surface area contributed by atoms with Crippen LogP contribution in [0.1, 0.15) is 39.5 Å². The van der Waals surface area contributed by atoms with Gasteiger partial charge in [-0.05, 0) is 43.2 Å². The molecule has 1 heterocycles. The van der Waals surface area contributed by atoms with Gasteiger partial charge in [0.15, 0.2) is 0 Å². The highest BCUT2D eigenvalue weighted by atomic mass is 16.6. The second-order valence-electron chi connectivity index (χ2n) is 7.74. The van der Waals surface area contributed by atoms with Crippen LogP contribution in [0.2, 0.25) is 0 Å². The van der Waals surface area contributed by atoms with Crippen LogP contribution in [-0.2, 0) is 9.53 Å². The van der Waals surface area contributed by atoms with Gasteiger partial charge in [-0.15, -0.1) is 0 Å². The van der Waals surface area contributed by atoms with E-state index in [-0.39, 0.29) is 18.6 Å². The van der Waals surface area contributed by atoms with Crippen LogP contribution in [0.15, 0.2) is 18.2 Å². The minimum Gasteiger partial charge on any atom is -0.490 e. The zero-order valence-electron chi connectivity index (χ0n) is 15.5. The maximum Gasteiger partial charge on any atom is 0.405 e. The highest BCUT2D eigenvalue weighted by molar-refractivity contribution is 5.99. The number of nitrogens with zero attached hydrogens (tertiary/aromatic N) is 1. The van der Waals surface area contributed by atoms with Gasteiger partial charge in [0.1, 0.15) is 18.1 Å². The molecule has 1 aliphatic heterocycles. The number of amides is 2. The number of carbonyl (C=O) groups is 2. The van der Waals surface area contributed by atoms with Gasteiger partial charge < -0.3 is 24.8 Å². The molecule has 0 unspecified atom stereocenters. The topological polar surface area (TPSA) is 91.1 Å². The van der Waals surface area contributed by atoms with Crippen LogP contribution in [0.5, 0.6) is 11.5 Å². The molecule has 0 saturated heterocycles. The van der Waals surface area contributed by atoms with Crippen molar-refractivity contribution >= 4 is 17.7 Å². The normalized spacial score (nSPS) is 22.8. The predicted octanol–water partition coefficient (Wildman–Crippen LogP) is 2.85. The number of nitrogens with two attached hydrogens (primary N) is 1. The van der Waals surface area contributed by atoms with Crippen molar-refractivity contribution in [3.63, 3.8) is 0 Å². The molecule has 1 saturated carbocycles. The molecule has 1 aliphatic carbocycles. The average Bonchev–Trinajstić information content (AvgIpc) is 2.69. The smallest absolute Gasteiger partial charge is 0.405 e. The van der Waals surface area contributed by atoms with E-state index in [0.717, 1.165) is 25.7 Å². The van der Waals surface area contributed by atoms with Crippen molar-refractivity contribution < 1.29 is 23.8 Å². The Balaban J connectivity index is 1.73. The monoisotopic (exact) mass is 362 g/mol. The molecule has 142 valence electrons. The van der Waals surface area contributed by atoms with E-state index in [4.69, 9.17) is 19.9 Å². The minimum absolute atomic E-state index is 0.0724. The standard InChI is InChI=1S/C19H26N2O5/c1-19(2)8-6-12(7-9-19)25-13-4-5-15-14(10-13)21(3)17(22)16(11-24-15)26-18(20)23/h4-5,10,12,16H,6-9,11H2,1-3H3,(H2,20,23)/t16-/m0/s1. The molecule has 1 fully saturated rings. The summed E-state index contributed by atoms with van der Waals surface area (Å²) in [6.07, 6.45) is 2.42. The number of benzene rings is 1. The number of primary amides is 1. The lowest BCUT2D eigenvalue weighted by Crippen LogP contribution is -2.41. The third kappa shape index (κ3) is 4.03. The van der Waals surface area contributed by atoms with Crippen molar-refractivity contribution in [2.75, 3.05) is 18.6 Å². The number of rotatable bonds is 3. The highest BCUT2D eigenvalue weighted by Crippen LogP contribution is 2.39. The van der Waals surface area contributed by atoms with E-state index in [2.05, 4.69) is 13.8 Å². The number of hydrogen-bond donors (Lipinski definition) is 1. The molecule has 0 aromatic heterocycles. The zero-order valence-corrected chi connectivity index (χ0v) is 15.5. The second-order valence-corrected chi connectivity index (χ2v) is 7.74. The number of anilines is 1. The Hall–Kier alpha value is -2.44. The summed E-state index contributed by atoms with van der Waals surface area (Å²) in [6.45, 7) is 4.50. The molecule has 26 heavy (non-hydrogen) atoms. The van der Waals surface area contributed by atoms with Crippen LogP contribution >= 0.6 is 0 Å². The first-order valence-corrected chi connectivity index (χ1v) is 8.92. The largest absolute Gasteiger partial charge is 0.490 e. The molecule has 0 radical (unpaired) electrons. The second kappa shape index (κ2) is 7.05. The van der Waals surface area contributed by atoms with Crippen molar-refractivity contribution in [3.05, 3.63) is 18.2 Å². The van der Waals surface area contributed by atoms with Gasteiger partial charge in [-0.1, -0.05) is 13.8 Å². The summed E-state index contributed by atoms with van der Waals surface area (Å²) in [5, 5.41) is 0. The fourth-order valence-corrected chi connectivity index (χ4v) is 3.43. The Kier molecular flexibility index (Phi) is 4.98. The van der Waals surface area contributed by atoms with Crippen LogP contribution < -0.4 is 20.1 Å². The van der Waals surface area contributed by atoms with Crippen LogP contribution in [0.25, 0.3) is 0 Å². The Morgan fingerprint density at radius 3 is 2.65 bits per heavy atom. The fraction of sp³-hybridized carbons (Fsp3) is 0.579. The van der Waals surface area contributed by atoms with Crippen molar-refractivity contribution in [1.82, 2.24) is 0 Å². The van der Waals surface area contributed by atoms with Gasteiger partial charge >= 0.3 is 6.09 Å². The summed E-state index contributed by atoms with van der Waals surface area (Å²) >= 11 is 0. The van der Waals surface area contributed by atoms with Crippen molar-refractivity contribution in [1.29, 1.82) is 0 Å². The average molecular weight is 362 g/mol. The Labute approximate surface area is 153 Å². The predicted molar refractivity (Wildman–Crippen MR) is 96.5 cm³/mol. The van der Waals surface area contributed by atoms with Gasteiger partial charge in [0, 0.05) is 13.1 Å². The van der Waals surface area contributed by atoms with E-state index in [0.29, 0.717) is 22.6 Å². The summed E-state index contributed by atoms with van der Waals surface area (Å²) in [6, 6.07) is 5.40. The summed E-state index contributed by atoms with van der Waals surface area (Å²) in [5.74, 6) is 0.846. The van der Waals surface area contributed by atoms with E-state index in [9.17, 15) is 9.59 Å². The van der Waals surface area contributed by atoms with Gasteiger partial charge in [-0.25, -0.2) is 4.79 Å². The first-order chi connectivity index (χ1) is 12.2. The molecular formula is C19H26N2O5. The molecule has 2 N–H and O–H groups in total. The van der Waals surface area contributed by atoms with E-state index in [1.165, 1.54) is 4.90 Å². The lowest BCUT2D eigenvalue weighted by Gasteiger charge is -2.34. The zero-order chi connectivity index (χ0) is 18.9. The Morgan fingerprint density at radius 2 is 2.00 bits per heavy atom. The van der Waals surface area contributed by atoms with Crippen molar-refractivity contribution in [2.45, 2.75) is 51.7 Å². The molecular weight excluding hydrogens is 336 g/mol. The Bertz CT molecular complexity index is 693. The van der Waals surface area contributed by atoms with Gasteiger partial charge in [0.2, 0.25) is 6.10 Å². The lowest BCUT2D eigenvalue weighted by atomic mass is 9.76. The third-order valence-electron chi connectivity index (χ3n) is 5.14. The van der Waals surface area contributed by atoms with E-state index in [1.807, 2.05) is 6.07 Å². The number of likely N-dealkylation sites (N-methyl/N-ethyl adjacent to an activating group) is 1. The number of carbonyl (C=O) groups excluding carboxylic acids is 2. The van der Waals surface area contributed by atoms with Crippen molar-refractivity contribution in [2.24, 2.45) is 11.1 Å². The van der Waals surface area contributed by atoms with Gasteiger partial charge in [0.05, 0.1) is 11.8 Å². The first kappa shape index (κ1) is 18.4. The van der Waals surface area contributed by atoms with E-state index < -0.39 is 12.2 Å². The van der Waals surface area contributed by atoms with Crippen LogP contribution in [0, 0.1) is 5.41 Å².